The lowest BCUT2D eigenvalue weighted by atomic mass is 9.94. The minimum absolute atomic E-state index is 0.0205. The summed E-state index contributed by atoms with van der Waals surface area (Å²) in [6, 6.07) is 9.90. The molecule has 1 N–H and O–H groups in total. The average Bonchev–Trinajstić information content (AvgIpc) is 3.24. The summed E-state index contributed by atoms with van der Waals surface area (Å²) >= 11 is 0. The second-order valence-electron chi connectivity index (χ2n) is 6.89. The van der Waals surface area contributed by atoms with Crippen molar-refractivity contribution in [2.75, 3.05) is 13.1 Å². The van der Waals surface area contributed by atoms with E-state index in [-0.39, 0.29) is 23.9 Å². The van der Waals surface area contributed by atoms with Crippen molar-refractivity contribution in [1.29, 1.82) is 0 Å². The maximum absolute atomic E-state index is 13.0. The first-order valence-corrected chi connectivity index (χ1v) is 9.32. The summed E-state index contributed by atoms with van der Waals surface area (Å²) in [7, 11) is 0. The second-order valence-corrected chi connectivity index (χ2v) is 6.89. The Kier molecular flexibility index (Phi) is 4.91. The van der Waals surface area contributed by atoms with E-state index in [9.17, 15) is 9.59 Å². The minimum atomic E-state index is -0.0970. The Bertz CT molecular complexity index is 781. The lowest BCUT2D eigenvalue weighted by Crippen LogP contribution is -2.50. The topological polar surface area (TPSA) is 68.2 Å². The maximum Gasteiger partial charge on any atom is 0.342 e. The van der Waals surface area contributed by atoms with Gasteiger partial charge in [0.25, 0.3) is 0 Å². The number of hydrazine groups is 1. The van der Waals surface area contributed by atoms with E-state index in [0.29, 0.717) is 25.9 Å². The normalized spacial score (nSPS) is 22.2. The van der Waals surface area contributed by atoms with Gasteiger partial charge < -0.3 is 4.90 Å². The van der Waals surface area contributed by atoms with Crippen molar-refractivity contribution in [3.63, 3.8) is 0 Å². The van der Waals surface area contributed by atoms with Gasteiger partial charge in [-0.05, 0) is 30.6 Å². The van der Waals surface area contributed by atoms with E-state index in [4.69, 9.17) is 0 Å². The third-order valence-corrected chi connectivity index (χ3v) is 5.22. The fourth-order valence-electron chi connectivity index (χ4n) is 3.71. The van der Waals surface area contributed by atoms with Crippen LogP contribution in [0.25, 0.3) is 0 Å². The van der Waals surface area contributed by atoms with Gasteiger partial charge >= 0.3 is 6.03 Å². The van der Waals surface area contributed by atoms with Crippen LogP contribution in [-0.2, 0) is 4.79 Å². The molecule has 3 heterocycles. The number of rotatable bonds is 2. The van der Waals surface area contributed by atoms with Gasteiger partial charge in [-0.2, -0.15) is 5.10 Å². The Morgan fingerprint density at radius 3 is 2.56 bits per heavy atom. The SMILES string of the molecule is O=C(N1CCC(C(=O)N2N=CCC2c2ccccc2)CC1)N1C=CC=CN1. The molecule has 1 fully saturated rings. The molecule has 7 heteroatoms. The number of nitrogens with one attached hydrogen (secondary N) is 1. The minimum Gasteiger partial charge on any atom is -0.323 e. The van der Waals surface area contributed by atoms with Crippen LogP contribution in [0.3, 0.4) is 0 Å². The quantitative estimate of drug-likeness (QED) is 0.876. The molecule has 0 bridgehead atoms. The van der Waals surface area contributed by atoms with Gasteiger partial charge in [-0.25, -0.2) is 14.8 Å². The van der Waals surface area contributed by atoms with Crippen LogP contribution in [0, 0.1) is 5.92 Å². The van der Waals surface area contributed by atoms with Crippen molar-refractivity contribution < 1.29 is 9.59 Å². The van der Waals surface area contributed by atoms with E-state index in [0.717, 1.165) is 12.0 Å². The number of urea groups is 1. The molecule has 0 saturated carbocycles. The van der Waals surface area contributed by atoms with Crippen LogP contribution < -0.4 is 5.43 Å². The molecular formula is C20H23N5O2. The van der Waals surface area contributed by atoms with Crippen LogP contribution >= 0.6 is 0 Å². The molecule has 140 valence electrons. The number of carbonyl (C=O) groups excluding carboxylic acids is 2. The lowest BCUT2D eigenvalue weighted by molar-refractivity contribution is -0.138. The molecule has 1 saturated heterocycles. The smallest absolute Gasteiger partial charge is 0.323 e. The predicted octanol–water partition coefficient (Wildman–Crippen LogP) is 2.63. The molecule has 3 aliphatic heterocycles. The Hall–Kier alpha value is -3.09. The largest absolute Gasteiger partial charge is 0.342 e. The summed E-state index contributed by atoms with van der Waals surface area (Å²) < 4.78 is 0. The van der Waals surface area contributed by atoms with E-state index >= 15 is 0 Å². The Labute approximate surface area is 158 Å². The number of amides is 3. The van der Waals surface area contributed by atoms with Gasteiger partial charge in [-0.1, -0.05) is 30.3 Å². The van der Waals surface area contributed by atoms with E-state index in [1.54, 1.807) is 28.4 Å². The number of hydrazone groups is 1. The molecule has 0 aliphatic carbocycles. The van der Waals surface area contributed by atoms with Crippen LogP contribution in [0.4, 0.5) is 4.79 Å². The summed E-state index contributed by atoms with van der Waals surface area (Å²) in [4.78, 5) is 27.3. The van der Waals surface area contributed by atoms with Crippen molar-refractivity contribution in [3.05, 3.63) is 60.4 Å². The first-order valence-electron chi connectivity index (χ1n) is 9.32. The van der Waals surface area contributed by atoms with Crippen molar-refractivity contribution in [1.82, 2.24) is 20.3 Å². The summed E-state index contributed by atoms with van der Waals surface area (Å²) in [5, 5.41) is 7.43. The highest BCUT2D eigenvalue weighted by atomic mass is 16.2. The number of hydrogen-bond donors (Lipinski definition) is 1. The molecule has 27 heavy (non-hydrogen) atoms. The zero-order valence-electron chi connectivity index (χ0n) is 15.1. The summed E-state index contributed by atoms with van der Waals surface area (Å²) in [6.45, 7) is 1.14. The van der Waals surface area contributed by atoms with Crippen LogP contribution in [0.1, 0.15) is 30.9 Å². The Balaban J connectivity index is 1.36. The fraction of sp³-hybridized carbons (Fsp3) is 0.350. The van der Waals surface area contributed by atoms with Crippen molar-refractivity contribution in [2.24, 2.45) is 11.0 Å². The van der Waals surface area contributed by atoms with Gasteiger partial charge in [0.15, 0.2) is 0 Å². The van der Waals surface area contributed by atoms with E-state index < -0.39 is 0 Å². The highest BCUT2D eigenvalue weighted by Gasteiger charge is 2.36. The number of nitrogens with zero attached hydrogens (tertiary/aromatic N) is 4. The van der Waals surface area contributed by atoms with E-state index in [1.165, 1.54) is 5.01 Å². The van der Waals surface area contributed by atoms with Crippen LogP contribution in [-0.4, -0.2) is 46.2 Å². The fourth-order valence-corrected chi connectivity index (χ4v) is 3.71. The molecule has 1 unspecified atom stereocenters. The van der Waals surface area contributed by atoms with Gasteiger partial charge in [-0.3, -0.25) is 10.2 Å². The predicted molar refractivity (Wildman–Crippen MR) is 102 cm³/mol. The number of likely N-dealkylation sites (tertiary alicyclic amines) is 1. The molecule has 3 aliphatic rings. The molecule has 4 rings (SSSR count). The van der Waals surface area contributed by atoms with Gasteiger partial charge in [0.05, 0.1) is 6.04 Å². The Morgan fingerprint density at radius 2 is 1.85 bits per heavy atom. The molecular weight excluding hydrogens is 342 g/mol. The van der Waals surface area contributed by atoms with Crippen molar-refractivity contribution in [3.8, 4) is 0 Å². The molecule has 1 aromatic carbocycles. The molecule has 1 aromatic rings. The Morgan fingerprint density at radius 1 is 1.07 bits per heavy atom. The van der Waals surface area contributed by atoms with Crippen LogP contribution in [0.2, 0.25) is 0 Å². The van der Waals surface area contributed by atoms with Gasteiger partial charge in [0.1, 0.15) is 0 Å². The lowest BCUT2D eigenvalue weighted by Gasteiger charge is -2.35. The van der Waals surface area contributed by atoms with Crippen molar-refractivity contribution in [2.45, 2.75) is 25.3 Å². The number of hydrogen-bond acceptors (Lipinski definition) is 4. The van der Waals surface area contributed by atoms with E-state index in [2.05, 4.69) is 10.5 Å². The molecule has 3 amide bonds. The van der Waals surface area contributed by atoms with Gasteiger partial charge in [0.2, 0.25) is 5.91 Å². The molecule has 0 radical (unpaired) electrons. The third-order valence-electron chi connectivity index (χ3n) is 5.22. The summed E-state index contributed by atoms with van der Waals surface area (Å²) in [6.07, 6.45) is 10.9. The third kappa shape index (κ3) is 3.58. The first kappa shape index (κ1) is 17.3. The van der Waals surface area contributed by atoms with Crippen molar-refractivity contribution >= 4 is 18.2 Å². The molecule has 7 nitrogen and oxygen atoms in total. The average molecular weight is 365 g/mol. The molecule has 0 aromatic heterocycles. The zero-order chi connectivity index (χ0) is 18.6. The number of benzene rings is 1. The van der Waals surface area contributed by atoms with Crippen LogP contribution in [0.5, 0.6) is 0 Å². The van der Waals surface area contributed by atoms with Crippen LogP contribution in [0.15, 0.2) is 60.0 Å². The number of carbonyl (C=O) groups is 2. The first-order chi connectivity index (χ1) is 13.2. The number of piperidine rings is 1. The summed E-state index contributed by atoms with van der Waals surface area (Å²) in [5.41, 5.74) is 4.00. The highest BCUT2D eigenvalue weighted by molar-refractivity contribution is 5.82. The molecule has 0 spiro atoms. The maximum atomic E-state index is 13.0. The van der Waals surface area contributed by atoms with Gasteiger partial charge in [-0.15, -0.1) is 0 Å². The highest BCUT2D eigenvalue weighted by Crippen LogP contribution is 2.31. The summed E-state index contributed by atoms with van der Waals surface area (Å²) in [5.74, 6) is -0.0381. The van der Waals surface area contributed by atoms with E-state index in [1.807, 2.05) is 42.6 Å². The second kappa shape index (κ2) is 7.65. The molecule has 1 atom stereocenters. The number of allylic oxidation sites excluding steroid dienone is 2. The monoisotopic (exact) mass is 365 g/mol. The van der Waals surface area contributed by atoms with Gasteiger partial charge in [0, 0.05) is 44.0 Å². The standard InChI is InChI=1S/C20H23N5O2/c26-19(25-18(8-12-22-25)16-6-2-1-3-7-16)17-9-14-23(15-10-17)20(27)24-13-5-4-11-21-24/h1-7,11-13,17-18,21H,8-10,14-15H2. The zero-order valence-corrected chi connectivity index (χ0v) is 15.1.